The van der Waals surface area contributed by atoms with Gasteiger partial charge < -0.3 is 19.8 Å². The predicted octanol–water partition coefficient (Wildman–Crippen LogP) is 1.86. The van der Waals surface area contributed by atoms with Gasteiger partial charge >= 0.3 is 0 Å². The van der Waals surface area contributed by atoms with E-state index in [1.165, 1.54) is 5.56 Å². The summed E-state index contributed by atoms with van der Waals surface area (Å²) in [5.74, 6) is 2.31. The van der Waals surface area contributed by atoms with Crippen LogP contribution in [0.15, 0.2) is 30.5 Å². The molecule has 2 aromatic rings. The third kappa shape index (κ3) is 3.43. The molecule has 0 spiro atoms. The molecule has 1 aliphatic rings. The fourth-order valence-corrected chi connectivity index (χ4v) is 2.57. The lowest BCUT2D eigenvalue weighted by atomic mass is 9.96. The fourth-order valence-electron chi connectivity index (χ4n) is 2.57. The van der Waals surface area contributed by atoms with Crippen LogP contribution in [0.1, 0.15) is 23.0 Å². The highest BCUT2D eigenvalue weighted by atomic mass is 16.5. The third-order valence-electron chi connectivity index (χ3n) is 3.71. The maximum absolute atomic E-state index is 5.82. The van der Waals surface area contributed by atoms with Crippen LogP contribution in [0.5, 0.6) is 5.75 Å². The topological polar surface area (TPSA) is 59.2 Å². The summed E-state index contributed by atoms with van der Waals surface area (Å²) >= 11 is 0. The van der Waals surface area contributed by atoms with Gasteiger partial charge in [-0.15, -0.1) is 0 Å². The van der Waals surface area contributed by atoms with Crippen molar-refractivity contribution in [2.24, 2.45) is 0 Å². The first-order valence-electron chi connectivity index (χ1n) is 7.31. The molecule has 5 heteroatoms. The molecule has 112 valence electrons. The quantitative estimate of drug-likeness (QED) is 0.796. The number of benzene rings is 1. The second-order valence-corrected chi connectivity index (χ2v) is 5.28. The lowest BCUT2D eigenvalue weighted by Crippen LogP contribution is -2.21. The lowest BCUT2D eigenvalue weighted by Gasteiger charge is -2.23. The first-order chi connectivity index (χ1) is 10.4. The molecule has 1 atom stereocenters. The monoisotopic (exact) mass is 287 g/mol. The Morgan fingerprint density at radius 3 is 3.24 bits per heavy atom. The van der Waals surface area contributed by atoms with Gasteiger partial charge in [-0.1, -0.05) is 18.2 Å². The number of ether oxygens (including phenoxy) is 2. The Labute approximate surface area is 124 Å². The smallest absolute Gasteiger partial charge is 0.122 e. The van der Waals surface area contributed by atoms with Crippen molar-refractivity contribution in [3.8, 4) is 5.75 Å². The number of imidazole rings is 1. The number of fused-ring (bicyclic) bond motifs is 1. The molecule has 0 bridgehead atoms. The van der Waals surface area contributed by atoms with E-state index in [0.717, 1.165) is 36.8 Å². The zero-order valence-electron chi connectivity index (χ0n) is 12.3. The Bertz CT molecular complexity index is 582. The van der Waals surface area contributed by atoms with Gasteiger partial charge in [0.1, 0.15) is 11.6 Å². The predicted molar refractivity (Wildman–Crippen MR) is 80.6 cm³/mol. The molecule has 3 rings (SSSR count). The normalized spacial score (nSPS) is 17.3. The number of aromatic nitrogens is 2. The van der Waals surface area contributed by atoms with E-state index in [1.54, 1.807) is 7.11 Å². The van der Waals surface area contributed by atoms with E-state index in [0.29, 0.717) is 19.1 Å². The van der Waals surface area contributed by atoms with Crippen molar-refractivity contribution < 1.29 is 9.47 Å². The molecule has 0 aliphatic carbocycles. The van der Waals surface area contributed by atoms with Crippen LogP contribution in [0.4, 0.5) is 0 Å². The van der Waals surface area contributed by atoms with E-state index in [9.17, 15) is 0 Å². The van der Waals surface area contributed by atoms with Crippen molar-refractivity contribution in [3.63, 3.8) is 0 Å². The lowest BCUT2D eigenvalue weighted by molar-refractivity contribution is 0.199. The number of rotatable bonds is 6. The number of aromatic amines is 1. The SMILES string of the molecule is COCCNCc1cnc(C2COc3ccccc3C2)[nH]1. The standard InChI is InChI=1S/C16H21N3O2/c1-20-7-6-17-9-14-10-18-16(19-14)13-8-12-4-2-3-5-15(12)21-11-13/h2-5,10,13,17H,6-9,11H2,1H3,(H,18,19). The summed E-state index contributed by atoms with van der Waals surface area (Å²) in [7, 11) is 1.71. The van der Waals surface area contributed by atoms with Gasteiger partial charge in [0.05, 0.1) is 19.1 Å². The van der Waals surface area contributed by atoms with Crippen LogP contribution < -0.4 is 10.1 Å². The van der Waals surface area contributed by atoms with Gasteiger partial charge in [-0.2, -0.15) is 0 Å². The molecule has 0 saturated heterocycles. The Morgan fingerprint density at radius 1 is 1.43 bits per heavy atom. The van der Waals surface area contributed by atoms with E-state index in [-0.39, 0.29) is 0 Å². The molecule has 1 aliphatic heterocycles. The van der Waals surface area contributed by atoms with E-state index in [4.69, 9.17) is 9.47 Å². The van der Waals surface area contributed by atoms with E-state index in [2.05, 4.69) is 27.4 Å². The average molecular weight is 287 g/mol. The van der Waals surface area contributed by atoms with E-state index in [1.807, 2.05) is 18.3 Å². The maximum Gasteiger partial charge on any atom is 0.122 e. The molecule has 0 radical (unpaired) electrons. The van der Waals surface area contributed by atoms with Crippen molar-refractivity contribution in [2.45, 2.75) is 18.9 Å². The van der Waals surface area contributed by atoms with E-state index >= 15 is 0 Å². The molecule has 0 amide bonds. The number of para-hydroxylation sites is 1. The van der Waals surface area contributed by atoms with E-state index < -0.39 is 0 Å². The molecule has 0 fully saturated rings. The van der Waals surface area contributed by atoms with Gasteiger partial charge in [-0.3, -0.25) is 0 Å². The summed E-state index contributed by atoms with van der Waals surface area (Å²) in [5.41, 5.74) is 2.35. The summed E-state index contributed by atoms with van der Waals surface area (Å²) in [6.07, 6.45) is 2.87. The second-order valence-electron chi connectivity index (χ2n) is 5.28. The number of methoxy groups -OCH3 is 1. The average Bonchev–Trinajstić information content (AvgIpc) is 3.00. The summed E-state index contributed by atoms with van der Waals surface area (Å²) in [6, 6.07) is 8.21. The van der Waals surface area contributed by atoms with Gasteiger partial charge in [-0.05, 0) is 18.1 Å². The fraction of sp³-hybridized carbons (Fsp3) is 0.438. The van der Waals surface area contributed by atoms with Crippen LogP contribution in [0.3, 0.4) is 0 Å². The van der Waals surface area contributed by atoms with Crippen molar-refractivity contribution in [2.75, 3.05) is 26.9 Å². The molecule has 2 N–H and O–H groups in total. The molecule has 5 nitrogen and oxygen atoms in total. The molecular weight excluding hydrogens is 266 g/mol. The zero-order chi connectivity index (χ0) is 14.5. The summed E-state index contributed by atoms with van der Waals surface area (Å²) in [6.45, 7) is 3.01. The summed E-state index contributed by atoms with van der Waals surface area (Å²) in [5, 5.41) is 3.31. The Hall–Kier alpha value is -1.85. The minimum atomic E-state index is 0.299. The Kier molecular flexibility index (Phi) is 4.52. The molecule has 2 heterocycles. The van der Waals surface area contributed by atoms with Gasteiger partial charge in [0, 0.05) is 32.1 Å². The number of hydrogen-bond donors (Lipinski definition) is 2. The zero-order valence-corrected chi connectivity index (χ0v) is 12.3. The van der Waals surface area contributed by atoms with Crippen molar-refractivity contribution in [1.82, 2.24) is 15.3 Å². The summed E-state index contributed by atoms with van der Waals surface area (Å²) < 4.78 is 10.8. The van der Waals surface area contributed by atoms with Crippen LogP contribution in [0.2, 0.25) is 0 Å². The first kappa shape index (κ1) is 14.1. The molecule has 1 aromatic carbocycles. The van der Waals surface area contributed by atoms with Crippen molar-refractivity contribution in [3.05, 3.63) is 47.5 Å². The van der Waals surface area contributed by atoms with Crippen molar-refractivity contribution >= 4 is 0 Å². The van der Waals surface area contributed by atoms with Crippen LogP contribution in [-0.4, -0.2) is 36.8 Å². The van der Waals surface area contributed by atoms with Crippen LogP contribution in [0, 0.1) is 0 Å². The highest BCUT2D eigenvalue weighted by Gasteiger charge is 2.23. The molecule has 1 aromatic heterocycles. The third-order valence-corrected chi connectivity index (χ3v) is 3.71. The second kappa shape index (κ2) is 6.74. The number of hydrogen-bond acceptors (Lipinski definition) is 4. The minimum Gasteiger partial charge on any atom is -0.493 e. The van der Waals surface area contributed by atoms with Crippen molar-refractivity contribution in [1.29, 1.82) is 0 Å². The molecule has 21 heavy (non-hydrogen) atoms. The van der Waals surface area contributed by atoms with Crippen LogP contribution in [0.25, 0.3) is 0 Å². The van der Waals surface area contributed by atoms with Gasteiger partial charge in [0.2, 0.25) is 0 Å². The maximum atomic E-state index is 5.82. The summed E-state index contributed by atoms with van der Waals surface area (Å²) in [4.78, 5) is 7.90. The van der Waals surface area contributed by atoms with Gasteiger partial charge in [0.25, 0.3) is 0 Å². The number of H-pyrrole nitrogens is 1. The Balaban J connectivity index is 1.59. The first-order valence-corrected chi connectivity index (χ1v) is 7.31. The van der Waals surface area contributed by atoms with Crippen LogP contribution >= 0.6 is 0 Å². The van der Waals surface area contributed by atoms with Crippen LogP contribution in [-0.2, 0) is 17.7 Å². The number of nitrogens with zero attached hydrogens (tertiary/aromatic N) is 1. The highest BCUT2D eigenvalue weighted by molar-refractivity contribution is 5.36. The van der Waals surface area contributed by atoms with Gasteiger partial charge in [-0.25, -0.2) is 4.98 Å². The minimum absolute atomic E-state index is 0.299. The largest absolute Gasteiger partial charge is 0.493 e. The number of nitrogens with one attached hydrogen (secondary N) is 2. The van der Waals surface area contributed by atoms with Gasteiger partial charge in [0.15, 0.2) is 0 Å². The highest BCUT2D eigenvalue weighted by Crippen LogP contribution is 2.30. The Morgan fingerprint density at radius 2 is 2.33 bits per heavy atom. The molecular formula is C16H21N3O2. The molecule has 1 unspecified atom stereocenters. The molecule has 0 saturated carbocycles.